The highest BCUT2D eigenvalue weighted by molar-refractivity contribution is 5.98. The molecule has 1 aromatic heterocycles. The summed E-state index contributed by atoms with van der Waals surface area (Å²) in [4.78, 5) is 32.4. The Morgan fingerprint density at radius 2 is 1.82 bits per heavy atom. The summed E-state index contributed by atoms with van der Waals surface area (Å²) >= 11 is 0. The highest BCUT2D eigenvalue weighted by Crippen LogP contribution is 2.19. The number of carbonyl (C=O) groups excluding carboxylic acids is 2. The van der Waals surface area contributed by atoms with E-state index in [1.807, 2.05) is 6.07 Å². The second kappa shape index (κ2) is 8.60. The van der Waals surface area contributed by atoms with Crippen LogP contribution in [0.1, 0.15) is 16.1 Å². The minimum Gasteiger partial charge on any atom is -0.392 e. The van der Waals surface area contributed by atoms with Crippen LogP contribution in [-0.4, -0.2) is 27.0 Å². The molecular weight excluding hydrogens is 360 g/mol. The van der Waals surface area contributed by atoms with Gasteiger partial charge in [-0.25, -0.2) is 20.2 Å². The SMILES string of the molecule is Nc1ncc(-c2cccc(CO)c2)nc1C(=O)NNC(=O)Nc1ccccc1. The molecule has 0 aliphatic carbocycles. The van der Waals surface area contributed by atoms with Gasteiger partial charge in [0, 0.05) is 11.3 Å². The third kappa shape index (κ3) is 4.59. The number of nitrogen functional groups attached to an aromatic ring is 1. The van der Waals surface area contributed by atoms with Crippen molar-refractivity contribution in [2.75, 3.05) is 11.1 Å². The zero-order chi connectivity index (χ0) is 19.9. The normalized spacial score (nSPS) is 10.2. The lowest BCUT2D eigenvalue weighted by atomic mass is 10.1. The van der Waals surface area contributed by atoms with Gasteiger partial charge in [-0.3, -0.25) is 10.2 Å². The summed E-state index contributed by atoms with van der Waals surface area (Å²) in [6, 6.07) is 15.1. The number of nitrogens with two attached hydrogens (primary N) is 1. The zero-order valence-corrected chi connectivity index (χ0v) is 14.7. The Bertz CT molecular complexity index is 994. The molecule has 3 aromatic rings. The van der Waals surface area contributed by atoms with E-state index in [-0.39, 0.29) is 18.1 Å². The van der Waals surface area contributed by atoms with Crippen LogP contribution in [0.4, 0.5) is 16.3 Å². The van der Waals surface area contributed by atoms with Crippen LogP contribution < -0.4 is 21.9 Å². The van der Waals surface area contributed by atoms with Crippen molar-refractivity contribution in [2.45, 2.75) is 6.61 Å². The van der Waals surface area contributed by atoms with Crippen LogP contribution in [0.2, 0.25) is 0 Å². The van der Waals surface area contributed by atoms with E-state index in [0.29, 0.717) is 22.5 Å². The number of hydrogen-bond donors (Lipinski definition) is 5. The highest BCUT2D eigenvalue weighted by atomic mass is 16.3. The van der Waals surface area contributed by atoms with Gasteiger partial charge in [0.25, 0.3) is 5.91 Å². The number of aliphatic hydroxyl groups excluding tert-OH is 1. The lowest BCUT2D eigenvalue weighted by Gasteiger charge is -2.10. The smallest absolute Gasteiger partial charge is 0.337 e. The Morgan fingerprint density at radius 3 is 2.57 bits per heavy atom. The first-order valence-corrected chi connectivity index (χ1v) is 8.32. The van der Waals surface area contributed by atoms with Gasteiger partial charge in [-0.15, -0.1) is 0 Å². The molecule has 0 atom stereocenters. The van der Waals surface area contributed by atoms with Crippen LogP contribution >= 0.6 is 0 Å². The summed E-state index contributed by atoms with van der Waals surface area (Å²) in [6.07, 6.45) is 1.43. The predicted molar refractivity (Wildman–Crippen MR) is 104 cm³/mol. The minimum atomic E-state index is -0.714. The van der Waals surface area contributed by atoms with E-state index in [1.165, 1.54) is 6.20 Å². The van der Waals surface area contributed by atoms with Crippen LogP contribution in [-0.2, 0) is 6.61 Å². The predicted octanol–water partition coefficient (Wildman–Crippen LogP) is 1.68. The topological polar surface area (TPSA) is 142 Å². The largest absolute Gasteiger partial charge is 0.392 e. The van der Waals surface area contributed by atoms with Gasteiger partial charge >= 0.3 is 6.03 Å². The van der Waals surface area contributed by atoms with Crippen molar-refractivity contribution in [1.82, 2.24) is 20.8 Å². The molecule has 0 unspecified atom stereocenters. The number of rotatable bonds is 4. The van der Waals surface area contributed by atoms with Gasteiger partial charge in [-0.2, -0.15) is 0 Å². The number of carbonyl (C=O) groups is 2. The molecule has 0 fully saturated rings. The number of hydrazine groups is 1. The number of amides is 3. The summed E-state index contributed by atoms with van der Waals surface area (Å²) in [5, 5.41) is 11.8. The maximum atomic E-state index is 12.4. The van der Waals surface area contributed by atoms with Crippen LogP contribution in [0.3, 0.4) is 0 Å². The summed E-state index contributed by atoms with van der Waals surface area (Å²) in [5.41, 5.74) is 12.4. The van der Waals surface area contributed by atoms with E-state index in [4.69, 9.17) is 5.73 Å². The Hall–Kier alpha value is -3.98. The molecule has 0 radical (unpaired) electrons. The molecule has 0 aliphatic heterocycles. The Labute approximate surface area is 160 Å². The number of hydrogen-bond acceptors (Lipinski definition) is 6. The lowest BCUT2D eigenvalue weighted by molar-refractivity contribution is 0.0933. The van der Waals surface area contributed by atoms with Crippen molar-refractivity contribution in [1.29, 1.82) is 0 Å². The van der Waals surface area contributed by atoms with Gasteiger partial charge in [-0.1, -0.05) is 36.4 Å². The van der Waals surface area contributed by atoms with Crippen molar-refractivity contribution in [2.24, 2.45) is 0 Å². The molecule has 9 heteroatoms. The second-order valence-electron chi connectivity index (χ2n) is 5.75. The first-order valence-electron chi connectivity index (χ1n) is 8.32. The molecule has 142 valence electrons. The van der Waals surface area contributed by atoms with Gasteiger partial charge in [0.2, 0.25) is 0 Å². The average Bonchev–Trinajstić information content (AvgIpc) is 2.73. The average molecular weight is 378 g/mol. The molecule has 0 saturated carbocycles. The molecule has 0 saturated heterocycles. The molecular formula is C19H18N6O3. The minimum absolute atomic E-state index is 0.0789. The Kier molecular flexibility index (Phi) is 5.78. The van der Waals surface area contributed by atoms with Crippen LogP contribution in [0, 0.1) is 0 Å². The number of aliphatic hydroxyl groups is 1. The molecule has 0 aliphatic rings. The summed E-state index contributed by atoms with van der Waals surface area (Å²) in [5.74, 6) is -0.793. The van der Waals surface area contributed by atoms with Crippen LogP contribution in [0.15, 0.2) is 60.8 Å². The second-order valence-corrected chi connectivity index (χ2v) is 5.75. The molecule has 3 amide bonds. The fourth-order valence-corrected chi connectivity index (χ4v) is 2.39. The fourth-order valence-electron chi connectivity index (χ4n) is 2.39. The highest BCUT2D eigenvalue weighted by Gasteiger charge is 2.15. The summed E-state index contributed by atoms with van der Waals surface area (Å²) in [7, 11) is 0. The third-order valence-electron chi connectivity index (χ3n) is 3.74. The number of para-hydroxylation sites is 1. The van der Waals surface area contributed by atoms with E-state index in [2.05, 4.69) is 26.1 Å². The zero-order valence-electron chi connectivity index (χ0n) is 14.7. The van der Waals surface area contributed by atoms with Crippen LogP contribution in [0.5, 0.6) is 0 Å². The molecule has 3 rings (SSSR count). The van der Waals surface area contributed by atoms with Crippen LogP contribution in [0.25, 0.3) is 11.3 Å². The maximum Gasteiger partial charge on any atom is 0.337 e. The molecule has 0 bridgehead atoms. The standard InChI is InChI=1S/C19H18N6O3/c20-17-16(18(27)24-25-19(28)22-14-7-2-1-3-8-14)23-15(10-21-17)13-6-4-5-12(9-13)11-26/h1-10,26H,11H2,(H2,20,21)(H,24,27)(H2,22,25,28). The van der Waals surface area contributed by atoms with E-state index in [9.17, 15) is 14.7 Å². The molecule has 0 spiro atoms. The quantitative estimate of drug-likeness (QED) is 0.437. The van der Waals surface area contributed by atoms with Crippen molar-refractivity contribution in [3.05, 3.63) is 72.1 Å². The van der Waals surface area contributed by atoms with Gasteiger partial charge in [-0.05, 0) is 23.8 Å². The third-order valence-corrected chi connectivity index (χ3v) is 3.74. The number of nitrogens with zero attached hydrogens (tertiary/aromatic N) is 2. The van der Waals surface area contributed by atoms with Crippen molar-refractivity contribution in [3.8, 4) is 11.3 Å². The number of benzene rings is 2. The molecule has 9 nitrogen and oxygen atoms in total. The molecule has 2 aromatic carbocycles. The van der Waals surface area contributed by atoms with Gasteiger partial charge in [0.15, 0.2) is 11.5 Å². The van der Waals surface area contributed by atoms with E-state index < -0.39 is 11.9 Å². The summed E-state index contributed by atoms with van der Waals surface area (Å²) < 4.78 is 0. The fraction of sp³-hybridized carbons (Fsp3) is 0.0526. The monoisotopic (exact) mass is 378 g/mol. The number of anilines is 2. The molecule has 6 N–H and O–H groups in total. The van der Waals surface area contributed by atoms with Gasteiger partial charge in [0.05, 0.1) is 18.5 Å². The number of aromatic nitrogens is 2. The van der Waals surface area contributed by atoms with Gasteiger partial charge in [0.1, 0.15) is 0 Å². The van der Waals surface area contributed by atoms with Crippen molar-refractivity contribution >= 4 is 23.4 Å². The molecule has 1 heterocycles. The van der Waals surface area contributed by atoms with Crippen molar-refractivity contribution in [3.63, 3.8) is 0 Å². The summed E-state index contributed by atoms with van der Waals surface area (Å²) in [6.45, 7) is -0.121. The van der Waals surface area contributed by atoms with E-state index in [0.717, 1.165) is 0 Å². The van der Waals surface area contributed by atoms with Crippen molar-refractivity contribution < 1.29 is 14.7 Å². The Balaban J connectivity index is 1.70. The lowest BCUT2D eigenvalue weighted by Crippen LogP contribution is -2.44. The first-order chi connectivity index (χ1) is 13.6. The maximum absolute atomic E-state index is 12.4. The van der Waals surface area contributed by atoms with Gasteiger partial charge < -0.3 is 16.2 Å². The number of nitrogens with one attached hydrogen (secondary N) is 3. The van der Waals surface area contributed by atoms with E-state index in [1.54, 1.807) is 48.5 Å². The first kappa shape index (κ1) is 18.8. The van der Waals surface area contributed by atoms with E-state index >= 15 is 0 Å². The number of urea groups is 1. The molecule has 28 heavy (non-hydrogen) atoms. The Morgan fingerprint density at radius 1 is 1.04 bits per heavy atom.